The third-order valence-corrected chi connectivity index (χ3v) is 5.22. The first-order valence-electron chi connectivity index (χ1n) is 9.97. The van der Waals surface area contributed by atoms with Crippen LogP contribution in [0, 0.1) is 5.92 Å². The van der Waals surface area contributed by atoms with E-state index in [1.54, 1.807) is 0 Å². The summed E-state index contributed by atoms with van der Waals surface area (Å²) >= 11 is 0. The normalized spacial score (nSPS) is 16.6. The Balaban J connectivity index is 1.66. The van der Waals surface area contributed by atoms with Gasteiger partial charge in [-0.1, -0.05) is 24.3 Å². The highest BCUT2D eigenvalue weighted by molar-refractivity contribution is 5.94. The largest absolute Gasteiger partial charge is 0.494 e. The van der Waals surface area contributed by atoms with Crippen molar-refractivity contribution in [3.05, 3.63) is 54.1 Å². The molecule has 5 nitrogen and oxygen atoms in total. The van der Waals surface area contributed by atoms with Crippen LogP contribution in [0.2, 0.25) is 0 Å². The van der Waals surface area contributed by atoms with E-state index in [0.29, 0.717) is 31.1 Å². The Hall–Kier alpha value is -2.82. The molecule has 5 heteroatoms. The summed E-state index contributed by atoms with van der Waals surface area (Å²) in [6.07, 6.45) is 3.17. The second-order valence-electron chi connectivity index (χ2n) is 7.30. The molecule has 1 saturated heterocycles. The summed E-state index contributed by atoms with van der Waals surface area (Å²) in [6.45, 7) is 4.06. The van der Waals surface area contributed by atoms with Gasteiger partial charge >= 0.3 is 0 Å². The standard InChI is InChI=1S/C23H28N2O3/c1-2-28-21-7-3-6-20(15-21)18-9-11-19(12-10-18)23(27)25-14-4-5-17(16-25)8-13-22(24)26/h3,6-7,9-12,15,17H,2,4-5,8,13-14,16H2,1H3,(H2,24,26)/t17-/m1/s1. The number of carbonyl (C=O) groups excluding carboxylic acids is 2. The fourth-order valence-electron chi connectivity index (χ4n) is 3.75. The smallest absolute Gasteiger partial charge is 0.253 e. The van der Waals surface area contributed by atoms with Gasteiger partial charge in [0.25, 0.3) is 5.91 Å². The molecule has 0 bridgehead atoms. The maximum absolute atomic E-state index is 12.9. The molecule has 2 aromatic rings. The molecule has 2 aromatic carbocycles. The highest BCUT2D eigenvalue weighted by Crippen LogP contribution is 2.26. The van der Waals surface area contributed by atoms with E-state index in [1.807, 2.05) is 60.4 Å². The van der Waals surface area contributed by atoms with Gasteiger partial charge < -0.3 is 15.4 Å². The van der Waals surface area contributed by atoms with E-state index in [9.17, 15) is 9.59 Å². The van der Waals surface area contributed by atoms with Gasteiger partial charge in [0, 0.05) is 25.1 Å². The van der Waals surface area contributed by atoms with Crippen LogP contribution >= 0.6 is 0 Å². The van der Waals surface area contributed by atoms with Crippen molar-refractivity contribution in [3.63, 3.8) is 0 Å². The van der Waals surface area contributed by atoms with Gasteiger partial charge in [0.1, 0.15) is 5.75 Å². The molecule has 1 fully saturated rings. The number of rotatable bonds is 7. The van der Waals surface area contributed by atoms with Crippen LogP contribution in [0.5, 0.6) is 5.75 Å². The van der Waals surface area contributed by atoms with E-state index in [0.717, 1.165) is 42.7 Å². The maximum atomic E-state index is 12.9. The van der Waals surface area contributed by atoms with E-state index in [-0.39, 0.29) is 11.8 Å². The van der Waals surface area contributed by atoms with Crippen LogP contribution in [-0.2, 0) is 4.79 Å². The number of primary amides is 1. The molecule has 1 heterocycles. The zero-order valence-electron chi connectivity index (χ0n) is 16.4. The molecule has 0 unspecified atom stereocenters. The van der Waals surface area contributed by atoms with E-state index in [1.165, 1.54) is 0 Å². The summed E-state index contributed by atoms with van der Waals surface area (Å²) in [5, 5.41) is 0. The lowest BCUT2D eigenvalue weighted by Gasteiger charge is -2.32. The topological polar surface area (TPSA) is 72.6 Å². The van der Waals surface area contributed by atoms with Gasteiger partial charge in [-0.2, -0.15) is 0 Å². The number of hydrogen-bond donors (Lipinski definition) is 1. The van der Waals surface area contributed by atoms with E-state index in [2.05, 4.69) is 0 Å². The SMILES string of the molecule is CCOc1cccc(-c2ccc(C(=O)N3CCC[C@H](CCC(N)=O)C3)cc2)c1. The van der Waals surface area contributed by atoms with Gasteiger partial charge in [0.05, 0.1) is 6.61 Å². The third-order valence-electron chi connectivity index (χ3n) is 5.22. The number of ether oxygens (including phenoxy) is 1. The summed E-state index contributed by atoms with van der Waals surface area (Å²) in [7, 11) is 0. The lowest BCUT2D eigenvalue weighted by atomic mass is 9.92. The third kappa shape index (κ3) is 5.12. The van der Waals surface area contributed by atoms with Crippen LogP contribution in [0.15, 0.2) is 48.5 Å². The first kappa shape index (κ1) is 19.9. The summed E-state index contributed by atoms with van der Waals surface area (Å²) in [5.74, 6) is 0.979. The molecule has 0 radical (unpaired) electrons. The molecule has 0 saturated carbocycles. The van der Waals surface area contributed by atoms with Gasteiger partial charge in [-0.25, -0.2) is 0 Å². The van der Waals surface area contributed by atoms with Gasteiger partial charge in [0.2, 0.25) is 5.91 Å². The summed E-state index contributed by atoms with van der Waals surface area (Å²) in [5.41, 5.74) is 8.07. The van der Waals surface area contributed by atoms with Crippen molar-refractivity contribution in [1.29, 1.82) is 0 Å². The average Bonchev–Trinajstić information content (AvgIpc) is 2.72. The van der Waals surface area contributed by atoms with Crippen molar-refractivity contribution in [1.82, 2.24) is 4.90 Å². The zero-order chi connectivity index (χ0) is 19.9. The Labute approximate surface area is 166 Å². The number of piperidine rings is 1. The molecule has 1 aliphatic rings. The zero-order valence-corrected chi connectivity index (χ0v) is 16.4. The number of benzene rings is 2. The second kappa shape index (κ2) is 9.40. The van der Waals surface area contributed by atoms with E-state index >= 15 is 0 Å². The molecule has 28 heavy (non-hydrogen) atoms. The first-order valence-corrected chi connectivity index (χ1v) is 9.97. The number of amides is 2. The molecule has 2 amide bonds. The monoisotopic (exact) mass is 380 g/mol. The number of carbonyl (C=O) groups is 2. The molecule has 3 rings (SSSR count). The molecular weight excluding hydrogens is 352 g/mol. The van der Waals surface area contributed by atoms with Crippen molar-refractivity contribution >= 4 is 11.8 Å². The van der Waals surface area contributed by atoms with Crippen LogP contribution in [0.1, 0.15) is 43.0 Å². The second-order valence-corrected chi connectivity index (χ2v) is 7.30. The molecule has 148 valence electrons. The van der Waals surface area contributed by atoms with Crippen LogP contribution in [0.3, 0.4) is 0 Å². The van der Waals surface area contributed by atoms with Crippen LogP contribution in [0.25, 0.3) is 11.1 Å². The van der Waals surface area contributed by atoms with Crippen molar-refractivity contribution in [2.75, 3.05) is 19.7 Å². The molecule has 0 spiro atoms. The van der Waals surface area contributed by atoms with Crippen molar-refractivity contribution < 1.29 is 14.3 Å². The number of nitrogens with two attached hydrogens (primary N) is 1. The lowest BCUT2D eigenvalue weighted by molar-refractivity contribution is -0.118. The Kier molecular flexibility index (Phi) is 6.69. The minimum atomic E-state index is -0.271. The van der Waals surface area contributed by atoms with E-state index in [4.69, 9.17) is 10.5 Å². The predicted molar refractivity (Wildman–Crippen MR) is 110 cm³/mol. The Morgan fingerprint density at radius 3 is 2.64 bits per heavy atom. The summed E-state index contributed by atoms with van der Waals surface area (Å²) in [6, 6.07) is 15.7. The molecule has 0 aliphatic carbocycles. The van der Waals surface area contributed by atoms with Gasteiger partial charge in [-0.05, 0) is 67.5 Å². The van der Waals surface area contributed by atoms with Gasteiger partial charge in [-0.15, -0.1) is 0 Å². The van der Waals surface area contributed by atoms with E-state index < -0.39 is 0 Å². The number of likely N-dealkylation sites (tertiary alicyclic amines) is 1. The predicted octanol–water partition coefficient (Wildman–Crippen LogP) is 3.87. The molecule has 1 atom stereocenters. The Morgan fingerprint density at radius 1 is 1.14 bits per heavy atom. The van der Waals surface area contributed by atoms with Crippen molar-refractivity contribution in [2.24, 2.45) is 11.7 Å². The Bertz CT molecular complexity index is 817. The number of hydrogen-bond acceptors (Lipinski definition) is 3. The van der Waals surface area contributed by atoms with Gasteiger partial charge in [-0.3, -0.25) is 9.59 Å². The Morgan fingerprint density at radius 2 is 1.93 bits per heavy atom. The van der Waals surface area contributed by atoms with Crippen molar-refractivity contribution in [3.8, 4) is 16.9 Å². The van der Waals surface area contributed by atoms with Crippen molar-refractivity contribution in [2.45, 2.75) is 32.6 Å². The highest BCUT2D eigenvalue weighted by atomic mass is 16.5. The molecule has 0 aromatic heterocycles. The van der Waals surface area contributed by atoms with Crippen LogP contribution in [0.4, 0.5) is 0 Å². The minimum Gasteiger partial charge on any atom is -0.494 e. The van der Waals surface area contributed by atoms with Gasteiger partial charge in [0.15, 0.2) is 0 Å². The number of nitrogens with zero attached hydrogens (tertiary/aromatic N) is 1. The molecule has 1 aliphatic heterocycles. The minimum absolute atomic E-state index is 0.0541. The summed E-state index contributed by atoms with van der Waals surface area (Å²) < 4.78 is 5.56. The molecule has 2 N–H and O–H groups in total. The lowest BCUT2D eigenvalue weighted by Crippen LogP contribution is -2.40. The highest BCUT2D eigenvalue weighted by Gasteiger charge is 2.24. The quantitative estimate of drug-likeness (QED) is 0.792. The fraction of sp³-hybridized carbons (Fsp3) is 0.391. The van der Waals surface area contributed by atoms with Crippen LogP contribution < -0.4 is 10.5 Å². The molecular formula is C23H28N2O3. The van der Waals surface area contributed by atoms with Crippen LogP contribution in [-0.4, -0.2) is 36.4 Å². The maximum Gasteiger partial charge on any atom is 0.253 e. The summed E-state index contributed by atoms with van der Waals surface area (Å²) in [4.78, 5) is 25.8. The first-order chi connectivity index (χ1) is 13.6. The average molecular weight is 380 g/mol. The fourth-order valence-corrected chi connectivity index (χ4v) is 3.75.